The Morgan fingerprint density at radius 3 is 2.81 bits per heavy atom. The first-order valence-electron chi connectivity index (χ1n) is 5.90. The predicted molar refractivity (Wildman–Crippen MR) is 64.2 cm³/mol. The van der Waals surface area contributed by atoms with Gasteiger partial charge >= 0.3 is 0 Å². The van der Waals surface area contributed by atoms with Crippen LogP contribution in [0.3, 0.4) is 0 Å². The van der Waals surface area contributed by atoms with Crippen LogP contribution in [0, 0.1) is 5.92 Å². The van der Waals surface area contributed by atoms with Crippen LogP contribution < -0.4 is 16.6 Å². The Bertz CT molecular complexity index is 393. The van der Waals surface area contributed by atoms with Crippen LogP contribution in [0.1, 0.15) is 18.4 Å². The summed E-state index contributed by atoms with van der Waals surface area (Å²) in [5.41, 5.74) is 6.68. The number of rotatable bonds is 3. The molecule has 4 heteroatoms. The van der Waals surface area contributed by atoms with Crippen LogP contribution >= 0.6 is 0 Å². The Balaban J connectivity index is 2.10. The van der Waals surface area contributed by atoms with Crippen molar-refractivity contribution in [1.29, 1.82) is 0 Å². The van der Waals surface area contributed by atoms with E-state index >= 15 is 0 Å². The molecule has 0 bridgehead atoms. The second-order valence-corrected chi connectivity index (χ2v) is 4.43. The third kappa shape index (κ3) is 2.71. The van der Waals surface area contributed by atoms with Crippen LogP contribution in [-0.4, -0.2) is 17.7 Å². The molecule has 1 fully saturated rings. The molecule has 1 aromatic heterocycles. The molecule has 0 aliphatic carbocycles. The highest BCUT2D eigenvalue weighted by Gasteiger charge is 2.13. The normalized spacial score (nSPS) is 17.6. The highest BCUT2D eigenvalue weighted by atomic mass is 16.1. The predicted octanol–water partition coefficient (Wildman–Crippen LogP) is 0.307. The largest absolute Gasteiger partial charge is 0.326 e. The van der Waals surface area contributed by atoms with Crippen LogP contribution in [0.5, 0.6) is 0 Å². The molecule has 4 nitrogen and oxygen atoms in total. The minimum absolute atomic E-state index is 0.0794. The van der Waals surface area contributed by atoms with Crippen molar-refractivity contribution in [3.8, 4) is 0 Å². The highest BCUT2D eigenvalue weighted by molar-refractivity contribution is 5.09. The van der Waals surface area contributed by atoms with Gasteiger partial charge in [0.2, 0.25) is 0 Å². The smallest absolute Gasteiger partial charge is 0.250 e. The van der Waals surface area contributed by atoms with Gasteiger partial charge in [0, 0.05) is 25.4 Å². The topological polar surface area (TPSA) is 60.1 Å². The zero-order chi connectivity index (χ0) is 11.4. The standard InChI is InChI=1S/C12H19N3O/c13-7-11-1-2-12(16)15(9-11)8-10-3-5-14-6-4-10/h1-2,9-10,14H,3-8,13H2. The summed E-state index contributed by atoms with van der Waals surface area (Å²) in [7, 11) is 0. The number of aromatic nitrogens is 1. The molecule has 1 saturated heterocycles. The van der Waals surface area contributed by atoms with Gasteiger partial charge in [0.05, 0.1) is 0 Å². The molecular weight excluding hydrogens is 202 g/mol. The van der Waals surface area contributed by atoms with E-state index in [1.807, 2.05) is 6.20 Å². The number of nitrogens with two attached hydrogens (primary N) is 1. The monoisotopic (exact) mass is 221 g/mol. The number of hydrogen-bond acceptors (Lipinski definition) is 3. The van der Waals surface area contributed by atoms with Gasteiger partial charge in [-0.25, -0.2) is 0 Å². The van der Waals surface area contributed by atoms with Gasteiger partial charge in [-0.3, -0.25) is 4.79 Å². The molecule has 1 aliphatic rings. The van der Waals surface area contributed by atoms with Crippen LogP contribution in [0.25, 0.3) is 0 Å². The number of nitrogens with zero attached hydrogens (tertiary/aromatic N) is 1. The second-order valence-electron chi connectivity index (χ2n) is 4.43. The molecule has 1 aliphatic heterocycles. The lowest BCUT2D eigenvalue weighted by Crippen LogP contribution is -2.32. The van der Waals surface area contributed by atoms with Crippen LogP contribution in [-0.2, 0) is 13.1 Å². The van der Waals surface area contributed by atoms with Gasteiger partial charge < -0.3 is 15.6 Å². The first-order chi connectivity index (χ1) is 7.79. The average molecular weight is 221 g/mol. The van der Waals surface area contributed by atoms with Gasteiger partial charge in [-0.05, 0) is 37.4 Å². The third-order valence-corrected chi connectivity index (χ3v) is 3.19. The average Bonchev–Trinajstić information content (AvgIpc) is 2.33. The zero-order valence-corrected chi connectivity index (χ0v) is 9.48. The summed E-state index contributed by atoms with van der Waals surface area (Å²) in [6.45, 7) is 3.45. The molecule has 0 amide bonds. The van der Waals surface area contributed by atoms with Crippen molar-refractivity contribution in [2.45, 2.75) is 25.9 Å². The van der Waals surface area contributed by atoms with Crippen molar-refractivity contribution < 1.29 is 0 Å². The molecule has 3 N–H and O–H groups in total. The molecule has 2 heterocycles. The van der Waals surface area contributed by atoms with E-state index in [1.165, 1.54) is 0 Å². The lowest BCUT2D eigenvalue weighted by molar-refractivity contribution is 0.329. The summed E-state index contributed by atoms with van der Waals surface area (Å²) >= 11 is 0. The van der Waals surface area contributed by atoms with E-state index in [0.717, 1.165) is 38.0 Å². The minimum Gasteiger partial charge on any atom is -0.326 e. The van der Waals surface area contributed by atoms with Gasteiger partial charge in [-0.2, -0.15) is 0 Å². The first-order valence-corrected chi connectivity index (χ1v) is 5.90. The number of piperidine rings is 1. The Kier molecular flexibility index (Phi) is 3.74. The molecule has 0 aromatic carbocycles. The molecule has 0 saturated carbocycles. The Morgan fingerprint density at radius 2 is 2.12 bits per heavy atom. The molecule has 0 unspecified atom stereocenters. The second kappa shape index (κ2) is 5.27. The fourth-order valence-electron chi connectivity index (χ4n) is 2.19. The van der Waals surface area contributed by atoms with Gasteiger partial charge in [0.15, 0.2) is 0 Å². The molecule has 1 aromatic rings. The molecule has 0 spiro atoms. The number of hydrogen-bond donors (Lipinski definition) is 2. The van der Waals surface area contributed by atoms with E-state index in [0.29, 0.717) is 12.5 Å². The van der Waals surface area contributed by atoms with Crippen molar-refractivity contribution in [3.63, 3.8) is 0 Å². The molecular formula is C12H19N3O. The summed E-state index contributed by atoms with van der Waals surface area (Å²) in [6, 6.07) is 3.42. The molecule has 16 heavy (non-hydrogen) atoms. The number of nitrogens with one attached hydrogen (secondary N) is 1. The third-order valence-electron chi connectivity index (χ3n) is 3.19. The fourth-order valence-corrected chi connectivity index (χ4v) is 2.19. The minimum atomic E-state index is 0.0794. The fraction of sp³-hybridized carbons (Fsp3) is 0.583. The van der Waals surface area contributed by atoms with Crippen molar-refractivity contribution in [2.24, 2.45) is 11.7 Å². The van der Waals surface area contributed by atoms with Gasteiger partial charge in [-0.1, -0.05) is 6.07 Å². The van der Waals surface area contributed by atoms with Crippen LogP contribution in [0.4, 0.5) is 0 Å². The Hall–Kier alpha value is -1.13. The van der Waals surface area contributed by atoms with Crippen molar-refractivity contribution in [2.75, 3.05) is 13.1 Å². The summed E-state index contributed by atoms with van der Waals surface area (Å²) in [5, 5.41) is 3.33. The summed E-state index contributed by atoms with van der Waals surface area (Å²) < 4.78 is 1.80. The maximum absolute atomic E-state index is 11.7. The molecule has 0 atom stereocenters. The maximum Gasteiger partial charge on any atom is 0.250 e. The molecule has 0 radical (unpaired) electrons. The Labute approximate surface area is 95.5 Å². The van der Waals surface area contributed by atoms with Gasteiger partial charge in [0.25, 0.3) is 5.56 Å². The lowest BCUT2D eigenvalue weighted by atomic mass is 9.98. The summed E-state index contributed by atoms with van der Waals surface area (Å²) in [4.78, 5) is 11.7. The van der Waals surface area contributed by atoms with E-state index in [4.69, 9.17) is 5.73 Å². The maximum atomic E-state index is 11.7. The number of pyridine rings is 1. The lowest BCUT2D eigenvalue weighted by Gasteiger charge is -2.23. The van der Waals surface area contributed by atoms with E-state index in [-0.39, 0.29) is 5.56 Å². The van der Waals surface area contributed by atoms with E-state index in [1.54, 1.807) is 16.7 Å². The van der Waals surface area contributed by atoms with E-state index in [2.05, 4.69) is 5.32 Å². The quantitative estimate of drug-likeness (QED) is 0.772. The SMILES string of the molecule is NCc1ccc(=O)n(CC2CCNCC2)c1. The van der Waals surface area contributed by atoms with E-state index in [9.17, 15) is 4.79 Å². The van der Waals surface area contributed by atoms with Crippen molar-refractivity contribution in [3.05, 3.63) is 34.2 Å². The first kappa shape index (κ1) is 11.4. The van der Waals surface area contributed by atoms with Gasteiger partial charge in [-0.15, -0.1) is 0 Å². The van der Waals surface area contributed by atoms with Crippen molar-refractivity contribution >= 4 is 0 Å². The molecule has 88 valence electrons. The zero-order valence-electron chi connectivity index (χ0n) is 9.48. The summed E-state index contributed by atoms with van der Waals surface area (Å²) in [6.07, 6.45) is 4.20. The summed E-state index contributed by atoms with van der Waals surface area (Å²) in [5.74, 6) is 0.618. The Morgan fingerprint density at radius 1 is 1.38 bits per heavy atom. The van der Waals surface area contributed by atoms with Crippen molar-refractivity contribution in [1.82, 2.24) is 9.88 Å². The van der Waals surface area contributed by atoms with Crippen LogP contribution in [0.2, 0.25) is 0 Å². The van der Waals surface area contributed by atoms with Gasteiger partial charge in [0.1, 0.15) is 0 Å². The van der Waals surface area contributed by atoms with E-state index < -0.39 is 0 Å². The highest BCUT2D eigenvalue weighted by Crippen LogP contribution is 2.13. The van der Waals surface area contributed by atoms with Crippen LogP contribution in [0.15, 0.2) is 23.1 Å². The molecule has 2 rings (SSSR count).